The van der Waals surface area contributed by atoms with Gasteiger partial charge in [-0.2, -0.15) is 4.31 Å². The highest BCUT2D eigenvalue weighted by atomic mass is 79.9. The Bertz CT molecular complexity index is 984. The number of sulfonamides is 1. The van der Waals surface area contributed by atoms with E-state index in [9.17, 15) is 13.2 Å². The summed E-state index contributed by atoms with van der Waals surface area (Å²) in [5.41, 5.74) is 0.894. The Labute approximate surface area is 177 Å². The molecule has 1 unspecified atom stereocenters. The molecule has 28 heavy (non-hydrogen) atoms. The van der Waals surface area contributed by atoms with E-state index in [1.165, 1.54) is 10.4 Å². The van der Waals surface area contributed by atoms with Crippen LogP contribution >= 0.6 is 27.3 Å². The van der Waals surface area contributed by atoms with E-state index in [0.717, 1.165) is 46.4 Å². The molecule has 0 radical (unpaired) electrons. The quantitative estimate of drug-likeness (QED) is 0.712. The van der Waals surface area contributed by atoms with Crippen LogP contribution in [-0.2, 0) is 10.0 Å². The zero-order valence-corrected chi connectivity index (χ0v) is 18.4. The van der Waals surface area contributed by atoms with Crippen LogP contribution in [-0.4, -0.2) is 38.3 Å². The van der Waals surface area contributed by atoms with Crippen LogP contribution in [0, 0.1) is 0 Å². The Morgan fingerprint density at radius 3 is 2.79 bits per heavy atom. The maximum absolute atomic E-state index is 13.0. The maximum Gasteiger partial charge on any atom is 0.263 e. The van der Waals surface area contributed by atoms with E-state index in [1.54, 1.807) is 5.38 Å². The van der Waals surface area contributed by atoms with Crippen molar-refractivity contribution in [2.45, 2.75) is 36.6 Å². The molecule has 0 saturated carbocycles. The first kappa shape index (κ1) is 19.9. The summed E-state index contributed by atoms with van der Waals surface area (Å²) >= 11 is 4.62. The second-order valence-corrected chi connectivity index (χ2v) is 10.7. The molecule has 2 aliphatic heterocycles. The van der Waals surface area contributed by atoms with Gasteiger partial charge in [-0.15, -0.1) is 11.3 Å². The number of ether oxygens (including phenoxy) is 1. The molecule has 1 aromatic heterocycles. The Balaban J connectivity index is 1.58. The first-order chi connectivity index (χ1) is 13.5. The molecule has 4 rings (SSSR count). The van der Waals surface area contributed by atoms with Crippen LogP contribution in [0.5, 0.6) is 5.75 Å². The number of halogens is 1. The molecule has 1 amide bonds. The summed E-state index contributed by atoms with van der Waals surface area (Å²) in [4.78, 5) is 13.3. The van der Waals surface area contributed by atoms with Crippen LogP contribution in [0.25, 0.3) is 0 Å². The standard InChI is InChI=1S/C19H21BrN2O4S2/c20-13-4-5-16-14(12-13)15(6-10-26-16)21-19(23)18-17(7-11-27-18)28(24,25)22-8-2-1-3-9-22/h4-5,7,11-12,15H,1-3,6,8-10H2,(H,21,23). The zero-order valence-electron chi connectivity index (χ0n) is 15.2. The second-order valence-electron chi connectivity index (χ2n) is 6.92. The summed E-state index contributed by atoms with van der Waals surface area (Å²) in [6.45, 7) is 1.53. The van der Waals surface area contributed by atoms with Crippen molar-refractivity contribution in [3.05, 3.63) is 44.6 Å². The monoisotopic (exact) mass is 484 g/mol. The second kappa shape index (κ2) is 8.14. The topological polar surface area (TPSA) is 75.7 Å². The summed E-state index contributed by atoms with van der Waals surface area (Å²) in [7, 11) is -3.65. The Kier molecular flexibility index (Phi) is 5.78. The summed E-state index contributed by atoms with van der Waals surface area (Å²) in [5, 5.41) is 4.67. The Morgan fingerprint density at radius 2 is 2.00 bits per heavy atom. The summed E-state index contributed by atoms with van der Waals surface area (Å²) in [6.07, 6.45) is 3.40. The molecule has 2 aliphatic rings. The Morgan fingerprint density at radius 1 is 1.21 bits per heavy atom. The van der Waals surface area contributed by atoms with Crippen LogP contribution in [0.4, 0.5) is 0 Å². The van der Waals surface area contributed by atoms with Gasteiger partial charge in [0.15, 0.2) is 0 Å². The number of fused-ring (bicyclic) bond motifs is 1. The predicted molar refractivity (Wildman–Crippen MR) is 111 cm³/mol. The first-order valence-corrected chi connectivity index (χ1v) is 12.4. The van der Waals surface area contributed by atoms with E-state index in [2.05, 4.69) is 21.2 Å². The third-order valence-corrected chi connectivity index (χ3v) is 8.56. The number of carbonyl (C=O) groups excluding carboxylic acids is 1. The van der Waals surface area contributed by atoms with Crippen molar-refractivity contribution in [2.75, 3.05) is 19.7 Å². The van der Waals surface area contributed by atoms with Crippen molar-refractivity contribution >= 4 is 43.2 Å². The molecule has 2 aromatic rings. The highest BCUT2D eigenvalue weighted by molar-refractivity contribution is 9.10. The number of piperidine rings is 1. The van der Waals surface area contributed by atoms with Crippen LogP contribution < -0.4 is 10.1 Å². The molecule has 0 aliphatic carbocycles. The highest BCUT2D eigenvalue weighted by Gasteiger charge is 2.32. The lowest BCUT2D eigenvalue weighted by molar-refractivity contribution is 0.0925. The molecule has 6 nitrogen and oxygen atoms in total. The molecule has 9 heteroatoms. The van der Waals surface area contributed by atoms with E-state index < -0.39 is 10.0 Å². The molecule has 1 fully saturated rings. The van der Waals surface area contributed by atoms with Crippen molar-refractivity contribution < 1.29 is 17.9 Å². The van der Waals surface area contributed by atoms with Gasteiger partial charge in [0.2, 0.25) is 10.0 Å². The average molecular weight is 485 g/mol. The number of amides is 1. The fourth-order valence-electron chi connectivity index (χ4n) is 3.65. The maximum atomic E-state index is 13.0. The number of benzene rings is 1. The first-order valence-electron chi connectivity index (χ1n) is 9.27. The SMILES string of the molecule is O=C(NC1CCOc2ccc(Br)cc21)c1sccc1S(=O)(=O)N1CCCCC1. The van der Waals surface area contributed by atoms with Gasteiger partial charge < -0.3 is 10.1 Å². The minimum atomic E-state index is -3.65. The molecular formula is C19H21BrN2O4S2. The molecule has 1 saturated heterocycles. The number of rotatable bonds is 4. The van der Waals surface area contributed by atoms with Crippen LogP contribution in [0.1, 0.15) is 47.0 Å². The zero-order chi connectivity index (χ0) is 19.7. The molecule has 1 aromatic carbocycles. The molecule has 1 atom stereocenters. The molecule has 1 N–H and O–H groups in total. The van der Waals surface area contributed by atoms with E-state index in [1.807, 2.05) is 18.2 Å². The number of thiophene rings is 1. The van der Waals surface area contributed by atoms with Gasteiger partial charge in [-0.3, -0.25) is 4.79 Å². The van der Waals surface area contributed by atoms with Gasteiger partial charge in [-0.05, 0) is 42.5 Å². The van der Waals surface area contributed by atoms with Crippen molar-refractivity contribution in [3.63, 3.8) is 0 Å². The predicted octanol–water partition coefficient (Wildman–Crippen LogP) is 3.94. The van der Waals surface area contributed by atoms with Gasteiger partial charge in [0, 0.05) is 29.5 Å². The number of hydrogen-bond acceptors (Lipinski definition) is 5. The normalized spacial score (nSPS) is 20.2. The van der Waals surface area contributed by atoms with Crippen molar-refractivity contribution in [1.82, 2.24) is 9.62 Å². The molecule has 150 valence electrons. The van der Waals surface area contributed by atoms with E-state index in [0.29, 0.717) is 26.1 Å². The third-order valence-electron chi connectivity index (χ3n) is 5.08. The Hall–Kier alpha value is -1.42. The molecule has 3 heterocycles. The summed E-state index contributed by atoms with van der Waals surface area (Å²) < 4.78 is 34.1. The summed E-state index contributed by atoms with van der Waals surface area (Å²) in [6, 6.07) is 7.01. The largest absolute Gasteiger partial charge is 0.493 e. The van der Waals surface area contributed by atoms with Crippen molar-refractivity contribution in [3.8, 4) is 5.75 Å². The van der Waals surface area contributed by atoms with Crippen molar-refractivity contribution in [1.29, 1.82) is 0 Å². The average Bonchev–Trinajstić information content (AvgIpc) is 3.20. The molecular weight excluding hydrogens is 464 g/mol. The minimum Gasteiger partial charge on any atom is -0.493 e. The molecule has 0 spiro atoms. The summed E-state index contributed by atoms with van der Waals surface area (Å²) in [5.74, 6) is 0.385. The van der Waals surface area contributed by atoms with Gasteiger partial charge in [-0.1, -0.05) is 22.4 Å². The van der Waals surface area contributed by atoms with Gasteiger partial charge in [-0.25, -0.2) is 8.42 Å². The number of hydrogen-bond donors (Lipinski definition) is 1. The van der Waals surface area contributed by atoms with E-state index in [-0.39, 0.29) is 21.7 Å². The lowest BCUT2D eigenvalue weighted by atomic mass is 10.0. The van der Waals surface area contributed by atoms with Crippen LogP contribution in [0.2, 0.25) is 0 Å². The van der Waals surface area contributed by atoms with Gasteiger partial charge in [0.25, 0.3) is 5.91 Å². The number of nitrogens with one attached hydrogen (secondary N) is 1. The highest BCUT2D eigenvalue weighted by Crippen LogP contribution is 2.35. The minimum absolute atomic E-state index is 0.110. The fraction of sp³-hybridized carbons (Fsp3) is 0.421. The third kappa shape index (κ3) is 3.85. The smallest absolute Gasteiger partial charge is 0.263 e. The van der Waals surface area contributed by atoms with Crippen molar-refractivity contribution in [2.24, 2.45) is 0 Å². The lowest BCUT2D eigenvalue weighted by Gasteiger charge is -2.27. The van der Waals surface area contributed by atoms with Gasteiger partial charge in [0.1, 0.15) is 15.5 Å². The van der Waals surface area contributed by atoms with E-state index >= 15 is 0 Å². The number of carbonyl (C=O) groups is 1. The van der Waals surface area contributed by atoms with Crippen LogP contribution in [0.15, 0.2) is 39.0 Å². The van der Waals surface area contributed by atoms with Gasteiger partial charge >= 0.3 is 0 Å². The van der Waals surface area contributed by atoms with E-state index in [4.69, 9.17) is 4.74 Å². The van der Waals surface area contributed by atoms with Gasteiger partial charge in [0.05, 0.1) is 12.6 Å². The fourth-order valence-corrected chi connectivity index (χ4v) is 6.85. The lowest BCUT2D eigenvalue weighted by Crippen LogP contribution is -2.37. The molecule has 0 bridgehead atoms. The number of nitrogens with zero attached hydrogens (tertiary/aromatic N) is 1. The van der Waals surface area contributed by atoms with Crippen LogP contribution in [0.3, 0.4) is 0 Å².